The van der Waals surface area contributed by atoms with Gasteiger partial charge in [-0.2, -0.15) is 0 Å². The fourth-order valence-corrected chi connectivity index (χ4v) is 1.41. The first-order valence-corrected chi connectivity index (χ1v) is 4.24. The molecule has 0 radical (unpaired) electrons. The van der Waals surface area contributed by atoms with Crippen molar-refractivity contribution in [2.45, 2.75) is 0 Å². The zero-order chi connectivity index (χ0) is 11.6. The van der Waals surface area contributed by atoms with Crippen LogP contribution < -0.4 is 9.47 Å². The topological polar surface area (TPSA) is 55.8 Å². The summed E-state index contributed by atoms with van der Waals surface area (Å²) in [5.41, 5.74) is -0.369. The van der Waals surface area contributed by atoms with Gasteiger partial charge in [-0.15, -0.1) is 0 Å². The van der Waals surface area contributed by atoms with E-state index in [9.17, 15) is 9.18 Å². The average Bonchev–Trinajstić information content (AvgIpc) is 2.19. The summed E-state index contributed by atoms with van der Waals surface area (Å²) in [6.07, 6.45) is 0. The second-order valence-corrected chi connectivity index (χ2v) is 2.97. The van der Waals surface area contributed by atoms with E-state index in [1.54, 1.807) is 0 Å². The molecule has 0 aromatic heterocycles. The van der Waals surface area contributed by atoms with Crippen LogP contribution >= 0.6 is 11.6 Å². The van der Waals surface area contributed by atoms with Crippen LogP contribution in [0.2, 0.25) is 5.02 Å². The molecule has 0 unspecified atom stereocenters. The van der Waals surface area contributed by atoms with Crippen LogP contribution in [0.3, 0.4) is 0 Å². The highest BCUT2D eigenvalue weighted by molar-refractivity contribution is 6.35. The first-order chi connectivity index (χ1) is 7.02. The van der Waals surface area contributed by atoms with Crippen LogP contribution in [0.25, 0.3) is 0 Å². The molecule has 1 aromatic carbocycles. The lowest BCUT2D eigenvalue weighted by molar-refractivity contribution is 0.0696. The maximum atomic E-state index is 13.3. The highest BCUT2D eigenvalue weighted by atomic mass is 35.5. The Kier molecular flexibility index (Phi) is 3.36. The van der Waals surface area contributed by atoms with E-state index in [0.717, 1.165) is 6.07 Å². The van der Waals surface area contributed by atoms with E-state index in [4.69, 9.17) is 26.2 Å². The molecule has 4 nitrogen and oxygen atoms in total. The Labute approximate surface area is 90.2 Å². The number of benzene rings is 1. The number of carbonyl (C=O) groups is 1. The number of ether oxygens (including phenoxy) is 2. The van der Waals surface area contributed by atoms with Gasteiger partial charge in [0.1, 0.15) is 5.02 Å². The highest BCUT2D eigenvalue weighted by Gasteiger charge is 2.21. The third-order valence-corrected chi connectivity index (χ3v) is 2.14. The molecule has 1 N–H and O–H groups in total. The fourth-order valence-electron chi connectivity index (χ4n) is 1.11. The summed E-state index contributed by atoms with van der Waals surface area (Å²) < 4.78 is 22.8. The predicted molar refractivity (Wildman–Crippen MR) is 51.5 cm³/mol. The number of halogens is 2. The number of carboxylic acid groups (broad SMARTS) is 1. The van der Waals surface area contributed by atoms with Gasteiger partial charge >= 0.3 is 5.97 Å². The lowest BCUT2D eigenvalue weighted by atomic mass is 10.2. The van der Waals surface area contributed by atoms with Crippen molar-refractivity contribution in [1.29, 1.82) is 0 Å². The maximum Gasteiger partial charge on any atom is 0.337 e. The minimum absolute atomic E-state index is 0.128. The van der Waals surface area contributed by atoms with E-state index in [0.29, 0.717) is 0 Å². The fraction of sp³-hybridized carbons (Fsp3) is 0.222. The summed E-state index contributed by atoms with van der Waals surface area (Å²) in [4.78, 5) is 10.7. The molecular formula is C9H8ClFO4. The van der Waals surface area contributed by atoms with Gasteiger partial charge in [0.25, 0.3) is 0 Å². The van der Waals surface area contributed by atoms with Gasteiger partial charge in [0.05, 0.1) is 19.8 Å². The highest BCUT2D eigenvalue weighted by Crippen LogP contribution is 2.39. The maximum absolute atomic E-state index is 13.3. The van der Waals surface area contributed by atoms with Crippen LogP contribution in [-0.2, 0) is 0 Å². The second kappa shape index (κ2) is 4.35. The number of carboxylic acids is 1. The predicted octanol–water partition coefficient (Wildman–Crippen LogP) is 2.19. The summed E-state index contributed by atoms with van der Waals surface area (Å²) in [7, 11) is 2.48. The molecule has 0 aliphatic heterocycles. The van der Waals surface area contributed by atoms with Crippen molar-refractivity contribution in [2.75, 3.05) is 14.2 Å². The molecule has 0 aliphatic carbocycles. The van der Waals surface area contributed by atoms with Gasteiger partial charge in [-0.05, 0) is 6.07 Å². The van der Waals surface area contributed by atoms with Gasteiger partial charge in [0.2, 0.25) is 0 Å². The Hall–Kier alpha value is -1.49. The molecule has 0 spiro atoms. The van der Waals surface area contributed by atoms with Crippen LogP contribution in [-0.4, -0.2) is 25.3 Å². The third-order valence-electron chi connectivity index (χ3n) is 1.77. The summed E-state index contributed by atoms with van der Waals surface area (Å²) >= 11 is 5.71. The van der Waals surface area contributed by atoms with Crippen LogP contribution in [0.5, 0.6) is 11.5 Å². The quantitative estimate of drug-likeness (QED) is 0.871. The molecule has 0 atom stereocenters. The van der Waals surface area contributed by atoms with Crippen molar-refractivity contribution >= 4 is 17.6 Å². The molecular weight excluding hydrogens is 227 g/mol. The van der Waals surface area contributed by atoms with E-state index in [1.165, 1.54) is 14.2 Å². The van der Waals surface area contributed by atoms with Gasteiger partial charge in [-0.1, -0.05) is 11.6 Å². The van der Waals surface area contributed by atoms with Crippen LogP contribution in [0, 0.1) is 5.82 Å². The Morgan fingerprint density at radius 2 is 1.93 bits per heavy atom. The molecule has 0 saturated carbocycles. The lowest BCUT2D eigenvalue weighted by Crippen LogP contribution is -2.03. The van der Waals surface area contributed by atoms with Crippen LogP contribution in [0.4, 0.5) is 4.39 Å². The number of aromatic carboxylic acids is 1. The molecule has 1 rings (SSSR count). The largest absolute Gasteiger partial charge is 0.491 e. The third kappa shape index (κ3) is 1.97. The number of hydrogen-bond acceptors (Lipinski definition) is 3. The Balaban J connectivity index is 3.51. The molecule has 0 amide bonds. The Morgan fingerprint density at radius 3 is 2.33 bits per heavy atom. The van der Waals surface area contributed by atoms with Crippen molar-refractivity contribution in [1.82, 2.24) is 0 Å². The monoisotopic (exact) mass is 234 g/mol. The first kappa shape index (κ1) is 11.6. The van der Waals surface area contributed by atoms with Crippen molar-refractivity contribution in [2.24, 2.45) is 0 Å². The second-order valence-electron chi connectivity index (χ2n) is 2.59. The lowest BCUT2D eigenvalue weighted by Gasteiger charge is -2.11. The van der Waals surface area contributed by atoms with E-state index < -0.39 is 11.8 Å². The van der Waals surface area contributed by atoms with E-state index in [1.807, 2.05) is 0 Å². The molecule has 0 bridgehead atoms. The summed E-state index contributed by atoms with van der Waals surface area (Å²) in [5.74, 6) is -2.51. The van der Waals surface area contributed by atoms with E-state index in [2.05, 4.69) is 0 Å². The van der Waals surface area contributed by atoms with E-state index >= 15 is 0 Å². The summed E-state index contributed by atoms with van der Waals surface area (Å²) in [6.45, 7) is 0. The van der Waals surface area contributed by atoms with Gasteiger partial charge in [0, 0.05) is 0 Å². The molecule has 1 aromatic rings. The minimum Gasteiger partial charge on any atom is -0.491 e. The molecule has 6 heteroatoms. The zero-order valence-corrected chi connectivity index (χ0v) is 8.76. The molecule has 0 saturated heterocycles. The number of rotatable bonds is 3. The normalized spacial score (nSPS) is 9.87. The van der Waals surface area contributed by atoms with Gasteiger partial charge in [-0.3, -0.25) is 0 Å². The SMILES string of the molecule is COc1c(F)cc(C(=O)O)c(Cl)c1OC. The molecule has 0 heterocycles. The molecule has 0 fully saturated rings. The summed E-state index contributed by atoms with van der Waals surface area (Å²) in [5, 5.41) is 8.53. The van der Waals surface area contributed by atoms with Gasteiger partial charge < -0.3 is 14.6 Å². The van der Waals surface area contributed by atoms with Crippen molar-refractivity contribution in [3.8, 4) is 11.5 Å². The van der Waals surface area contributed by atoms with Crippen LogP contribution in [0.15, 0.2) is 6.07 Å². The number of hydrogen-bond donors (Lipinski definition) is 1. The van der Waals surface area contributed by atoms with E-state index in [-0.39, 0.29) is 22.1 Å². The number of methoxy groups -OCH3 is 2. The van der Waals surface area contributed by atoms with Crippen molar-refractivity contribution < 1.29 is 23.8 Å². The van der Waals surface area contributed by atoms with Gasteiger partial charge in [0.15, 0.2) is 17.3 Å². The zero-order valence-electron chi connectivity index (χ0n) is 8.01. The van der Waals surface area contributed by atoms with Crippen molar-refractivity contribution in [3.63, 3.8) is 0 Å². The molecule has 15 heavy (non-hydrogen) atoms. The standard InChI is InChI=1S/C9H8ClFO4/c1-14-7-5(11)3-4(9(12)13)6(10)8(7)15-2/h3H,1-2H3,(H,12,13). The van der Waals surface area contributed by atoms with Crippen LogP contribution in [0.1, 0.15) is 10.4 Å². The smallest absolute Gasteiger partial charge is 0.337 e. The minimum atomic E-state index is -1.33. The van der Waals surface area contributed by atoms with Crippen molar-refractivity contribution in [3.05, 3.63) is 22.5 Å². The Morgan fingerprint density at radius 1 is 1.40 bits per heavy atom. The first-order valence-electron chi connectivity index (χ1n) is 3.86. The Bertz CT molecular complexity index is 406. The van der Waals surface area contributed by atoms with Gasteiger partial charge in [-0.25, -0.2) is 9.18 Å². The average molecular weight is 235 g/mol. The summed E-state index contributed by atoms with van der Waals surface area (Å²) in [6, 6.07) is 0.784. The molecule has 82 valence electrons. The molecule has 0 aliphatic rings.